The summed E-state index contributed by atoms with van der Waals surface area (Å²) in [5.74, 6) is -1.69. The summed E-state index contributed by atoms with van der Waals surface area (Å²) in [4.78, 5) is 23.3. The quantitative estimate of drug-likeness (QED) is 0.869. The van der Waals surface area contributed by atoms with Gasteiger partial charge in [-0.25, -0.2) is 0 Å². The van der Waals surface area contributed by atoms with Crippen LogP contribution < -0.4 is 5.32 Å². The Kier molecular flexibility index (Phi) is 4.93. The van der Waals surface area contributed by atoms with E-state index in [1.54, 1.807) is 13.8 Å². The van der Waals surface area contributed by atoms with Gasteiger partial charge in [0.05, 0.1) is 11.3 Å². The van der Waals surface area contributed by atoms with Gasteiger partial charge >= 0.3 is 5.97 Å². The summed E-state index contributed by atoms with van der Waals surface area (Å²) in [6.45, 7) is 8.97. The molecule has 4 heteroatoms. The first kappa shape index (κ1) is 16.2. The second kappa shape index (κ2) is 6.07. The SMILES string of the molecule is Cc1ccc(C(C)(C)C(=O)NC(C)C(C)C(=O)O)cc1. The molecule has 0 aliphatic heterocycles. The second-order valence-electron chi connectivity index (χ2n) is 5.88. The molecule has 0 spiro atoms. The highest BCUT2D eigenvalue weighted by Crippen LogP contribution is 2.24. The number of carbonyl (C=O) groups is 2. The molecule has 110 valence electrons. The first-order valence-electron chi connectivity index (χ1n) is 6.77. The minimum Gasteiger partial charge on any atom is -0.481 e. The molecule has 0 bridgehead atoms. The molecule has 1 rings (SSSR count). The molecule has 0 radical (unpaired) electrons. The van der Waals surface area contributed by atoms with Gasteiger partial charge in [-0.2, -0.15) is 0 Å². The van der Waals surface area contributed by atoms with Gasteiger partial charge in [-0.15, -0.1) is 0 Å². The van der Waals surface area contributed by atoms with Crippen LogP contribution in [0.3, 0.4) is 0 Å². The molecule has 1 aromatic carbocycles. The van der Waals surface area contributed by atoms with Gasteiger partial charge in [0.15, 0.2) is 0 Å². The van der Waals surface area contributed by atoms with E-state index in [1.807, 2.05) is 45.0 Å². The zero-order chi connectivity index (χ0) is 15.5. The molecule has 1 amide bonds. The number of aryl methyl sites for hydroxylation is 1. The smallest absolute Gasteiger partial charge is 0.308 e. The molecule has 0 heterocycles. The van der Waals surface area contributed by atoms with Gasteiger partial charge in [0.2, 0.25) is 5.91 Å². The van der Waals surface area contributed by atoms with E-state index in [1.165, 1.54) is 0 Å². The third-order valence-electron chi connectivity index (χ3n) is 3.84. The molecule has 4 nitrogen and oxygen atoms in total. The van der Waals surface area contributed by atoms with Gasteiger partial charge < -0.3 is 10.4 Å². The predicted octanol–water partition coefficient (Wildman–Crippen LogP) is 2.50. The topological polar surface area (TPSA) is 66.4 Å². The zero-order valence-electron chi connectivity index (χ0n) is 12.7. The zero-order valence-corrected chi connectivity index (χ0v) is 12.7. The van der Waals surface area contributed by atoms with Crippen LogP contribution in [0.2, 0.25) is 0 Å². The molecule has 0 saturated heterocycles. The van der Waals surface area contributed by atoms with Crippen molar-refractivity contribution >= 4 is 11.9 Å². The van der Waals surface area contributed by atoms with Gasteiger partial charge in [-0.3, -0.25) is 9.59 Å². The Hall–Kier alpha value is -1.84. The lowest BCUT2D eigenvalue weighted by molar-refractivity contribution is -0.142. The third-order valence-corrected chi connectivity index (χ3v) is 3.84. The average Bonchev–Trinajstić information content (AvgIpc) is 2.37. The molecule has 20 heavy (non-hydrogen) atoms. The molecule has 0 aromatic heterocycles. The van der Waals surface area contributed by atoms with E-state index in [0.717, 1.165) is 11.1 Å². The fourth-order valence-corrected chi connectivity index (χ4v) is 1.83. The number of rotatable bonds is 5. The standard InChI is InChI=1S/C16H23NO3/c1-10-6-8-13(9-7-10)16(4,5)15(20)17-12(3)11(2)14(18)19/h6-9,11-12H,1-5H3,(H,17,20)(H,18,19). The molecule has 2 atom stereocenters. The number of hydrogen-bond donors (Lipinski definition) is 2. The van der Waals surface area contributed by atoms with E-state index >= 15 is 0 Å². The van der Waals surface area contributed by atoms with Gasteiger partial charge in [0.25, 0.3) is 0 Å². The Bertz CT molecular complexity index is 491. The van der Waals surface area contributed by atoms with Crippen LogP contribution in [0, 0.1) is 12.8 Å². The van der Waals surface area contributed by atoms with E-state index in [0.29, 0.717) is 0 Å². The number of carbonyl (C=O) groups excluding carboxylic acids is 1. The van der Waals surface area contributed by atoms with Crippen molar-refractivity contribution in [2.24, 2.45) is 5.92 Å². The molecule has 2 N–H and O–H groups in total. The number of benzene rings is 1. The highest BCUT2D eigenvalue weighted by molar-refractivity contribution is 5.88. The van der Waals surface area contributed by atoms with Crippen LogP contribution in [0.4, 0.5) is 0 Å². The summed E-state index contributed by atoms with van der Waals surface area (Å²) in [7, 11) is 0. The Morgan fingerprint density at radius 2 is 1.65 bits per heavy atom. The number of amides is 1. The minimum absolute atomic E-state index is 0.165. The first-order chi connectivity index (χ1) is 9.16. The lowest BCUT2D eigenvalue weighted by Crippen LogP contribution is -2.47. The number of carboxylic acid groups (broad SMARTS) is 1. The normalized spacial score (nSPS) is 14.4. The fourth-order valence-electron chi connectivity index (χ4n) is 1.83. The van der Waals surface area contributed by atoms with Crippen molar-refractivity contribution in [1.29, 1.82) is 0 Å². The number of aliphatic carboxylic acids is 1. The van der Waals surface area contributed by atoms with Crippen molar-refractivity contribution in [3.05, 3.63) is 35.4 Å². The summed E-state index contributed by atoms with van der Waals surface area (Å²) in [6, 6.07) is 7.38. The second-order valence-corrected chi connectivity index (χ2v) is 5.88. The van der Waals surface area contributed by atoms with Crippen LogP contribution in [0.1, 0.15) is 38.8 Å². The van der Waals surface area contributed by atoms with Gasteiger partial charge in [0.1, 0.15) is 0 Å². The van der Waals surface area contributed by atoms with E-state index in [2.05, 4.69) is 5.32 Å². The van der Waals surface area contributed by atoms with Crippen LogP contribution >= 0.6 is 0 Å². The largest absolute Gasteiger partial charge is 0.481 e. The summed E-state index contributed by atoms with van der Waals surface area (Å²) in [5, 5.41) is 11.8. The molecule has 0 saturated carbocycles. The molecule has 2 unspecified atom stereocenters. The summed E-state index contributed by atoms with van der Waals surface area (Å²) in [6.07, 6.45) is 0. The summed E-state index contributed by atoms with van der Waals surface area (Å²) in [5.41, 5.74) is 1.36. The highest BCUT2D eigenvalue weighted by atomic mass is 16.4. The molecular formula is C16H23NO3. The molecule has 0 aliphatic rings. The monoisotopic (exact) mass is 277 g/mol. The van der Waals surface area contributed by atoms with Crippen molar-refractivity contribution in [1.82, 2.24) is 5.32 Å². The van der Waals surface area contributed by atoms with Crippen LogP contribution in [0.15, 0.2) is 24.3 Å². The van der Waals surface area contributed by atoms with Gasteiger partial charge in [0, 0.05) is 6.04 Å². The minimum atomic E-state index is -0.911. The van der Waals surface area contributed by atoms with E-state index in [-0.39, 0.29) is 5.91 Å². The van der Waals surface area contributed by atoms with Crippen molar-refractivity contribution in [2.75, 3.05) is 0 Å². The maximum atomic E-state index is 12.4. The van der Waals surface area contributed by atoms with Crippen molar-refractivity contribution in [3.63, 3.8) is 0 Å². The third kappa shape index (κ3) is 3.59. The van der Waals surface area contributed by atoms with Gasteiger partial charge in [-0.05, 0) is 40.2 Å². The van der Waals surface area contributed by atoms with E-state index in [4.69, 9.17) is 5.11 Å². The molecular weight excluding hydrogens is 254 g/mol. The highest BCUT2D eigenvalue weighted by Gasteiger charge is 2.32. The average molecular weight is 277 g/mol. The Morgan fingerprint density at radius 1 is 1.15 bits per heavy atom. The van der Waals surface area contributed by atoms with Crippen LogP contribution in [-0.2, 0) is 15.0 Å². The number of nitrogens with one attached hydrogen (secondary N) is 1. The molecule has 0 aliphatic carbocycles. The lowest BCUT2D eigenvalue weighted by Gasteiger charge is -2.28. The predicted molar refractivity (Wildman–Crippen MR) is 78.6 cm³/mol. The van der Waals surface area contributed by atoms with Crippen molar-refractivity contribution in [3.8, 4) is 0 Å². The fraction of sp³-hybridized carbons (Fsp3) is 0.500. The van der Waals surface area contributed by atoms with Crippen molar-refractivity contribution in [2.45, 2.75) is 46.1 Å². The maximum absolute atomic E-state index is 12.4. The Morgan fingerprint density at radius 3 is 2.10 bits per heavy atom. The van der Waals surface area contributed by atoms with Crippen LogP contribution in [0.5, 0.6) is 0 Å². The van der Waals surface area contributed by atoms with Crippen molar-refractivity contribution < 1.29 is 14.7 Å². The molecule has 0 fully saturated rings. The molecule has 1 aromatic rings. The van der Waals surface area contributed by atoms with E-state index < -0.39 is 23.3 Å². The Balaban J connectivity index is 2.84. The van der Waals surface area contributed by atoms with Crippen LogP contribution in [0.25, 0.3) is 0 Å². The number of hydrogen-bond acceptors (Lipinski definition) is 2. The summed E-state index contributed by atoms with van der Waals surface area (Å²) < 4.78 is 0. The number of carboxylic acids is 1. The Labute approximate surface area is 120 Å². The van der Waals surface area contributed by atoms with E-state index in [9.17, 15) is 9.59 Å². The van der Waals surface area contributed by atoms with Crippen LogP contribution in [-0.4, -0.2) is 23.0 Å². The first-order valence-corrected chi connectivity index (χ1v) is 6.77. The van der Waals surface area contributed by atoms with Gasteiger partial charge in [-0.1, -0.05) is 29.8 Å². The summed E-state index contributed by atoms with van der Waals surface area (Å²) >= 11 is 0. The maximum Gasteiger partial charge on any atom is 0.308 e. The lowest BCUT2D eigenvalue weighted by atomic mass is 9.83.